The number of rotatable bonds is 5. The van der Waals surface area contributed by atoms with Gasteiger partial charge in [-0.3, -0.25) is 0 Å². The van der Waals surface area contributed by atoms with Crippen LogP contribution in [0.25, 0.3) is 0 Å². The Hall–Kier alpha value is -2.66. The third-order valence-electron chi connectivity index (χ3n) is 5.24. The van der Waals surface area contributed by atoms with Crippen LogP contribution in [0, 0.1) is 0 Å². The Balaban J connectivity index is 1.62. The molecule has 1 heterocycles. The van der Waals surface area contributed by atoms with Gasteiger partial charge in [-0.25, -0.2) is 9.78 Å². The molecule has 4 atom stereocenters. The molecule has 0 saturated carbocycles. The number of hydrogen-bond donors (Lipinski definition) is 1. The zero-order valence-electron chi connectivity index (χ0n) is 16.1. The lowest BCUT2D eigenvalue weighted by Crippen LogP contribution is -2.53. The summed E-state index contributed by atoms with van der Waals surface area (Å²) in [4.78, 5) is 11.8. The Kier molecular flexibility index (Phi) is 5.44. The molecule has 0 aromatic heterocycles. The molecule has 4 heteroatoms. The van der Waals surface area contributed by atoms with Crippen LogP contribution in [0.5, 0.6) is 0 Å². The van der Waals surface area contributed by atoms with E-state index in [0.29, 0.717) is 0 Å². The van der Waals surface area contributed by atoms with E-state index in [1.54, 1.807) is 0 Å². The molecule has 1 fully saturated rings. The summed E-state index contributed by atoms with van der Waals surface area (Å²) in [7, 11) is 0. The Morgan fingerprint density at radius 3 is 2.04 bits per heavy atom. The third kappa shape index (κ3) is 3.80. The maximum absolute atomic E-state index is 6.42. The topological polar surface area (TPSA) is 39.7 Å². The standard InChI is InChI=1S/C24H25NO3/c1-18(19-12-6-3-7-13-19)22-26-23(25-21-16-10-5-11-17-21)24(2,28-27-22)20-14-8-4-9-15-20/h3-18,22-23,25H,1-2H3. The van der Waals surface area contributed by atoms with Gasteiger partial charge in [0.1, 0.15) is 0 Å². The van der Waals surface area contributed by atoms with Crippen LogP contribution >= 0.6 is 0 Å². The molecule has 4 unspecified atom stereocenters. The Bertz CT molecular complexity index is 872. The molecular weight excluding hydrogens is 350 g/mol. The quantitative estimate of drug-likeness (QED) is 0.602. The molecule has 1 aliphatic heterocycles. The first-order valence-corrected chi connectivity index (χ1v) is 9.59. The van der Waals surface area contributed by atoms with Gasteiger partial charge in [-0.05, 0) is 30.2 Å². The second-order valence-electron chi connectivity index (χ2n) is 7.25. The zero-order valence-corrected chi connectivity index (χ0v) is 16.1. The van der Waals surface area contributed by atoms with E-state index in [1.165, 1.54) is 0 Å². The van der Waals surface area contributed by atoms with Crippen LogP contribution in [-0.2, 0) is 20.1 Å². The van der Waals surface area contributed by atoms with Gasteiger partial charge < -0.3 is 10.1 Å². The van der Waals surface area contributed by atoms with Crippen LogP contribution in [0.2, 0.25) is 0 Å². The van der Waals surface area contributed by atoms with Crippen LogP contribution in [0.4, 0.5) is 5.69 Å². The number of anilines is 1. The van der Waals surface area contributed by atoms with Crippen molar-refractivity contribution in [3.63, 3.8) is 0 Å². The van der Waals surface area contributed by atoms with E-state index >= 15 is 0 Å². The highest BCUT2D eigenvalue weighted by Crippen LogP contribution is 2.39. The van der Waals surface area contributed by atoms with Gasteiger partial charge in [0.15, 0.2) is 18.1 Å². The third-order valence-corrected chi connectivity index (χ3v) is 5.24. The summed E-state index contributed by atoms with van der Waals surface area (Å²) in [6.07, 6.45) is -0.956. The normalized spacial score (nSPS) is 25.8. The molecule has 0 bridgehead atoms. The Morgan fingerprint density at radius 1 is 0.821 bits per heavy atom. The largest absolute Gasteiger partial charge is 0.357 e. The number of hydrogen-bond acceptors (Lipinski definition) is 4. The summed E-state index contributed by atoms with van der Waals surface area (Å²) in [6, 6.07) is 30.2. The SMILES string of the molecule is CC(c1ccccc1)C1OOC(C)(c2ccccc2)C(Nc2ccccc2)O1. The van der Waals surface area contributed by atoms with Crippen molar-refractivity contribution in [3.05, 3.63) is 102 Å². The highest BCUT2D eigenvalue weighted by Gasteiger charge is 2.47. The number of nitrogens with one attached hydrogen (secondary N) is 1. The maximum Gasteiger partial charge on any atom is 0.200 e. The first-order chi connectivity index (χ1) is 13.7. The van der Waals surface area contributed by atoms with Crippen molar-refractivity contribution in [1.82, 2.24) is 0 Å². The highest BCUT2D eigenvalue weighted by atomic mass is 17.2. The van der Waals surface area contributed by atoms with Crippen molar-refractivity contribution in [2.24, 2.45) is 0 Å². The maximum atomic E-state index is 6.42. The van der Waals surface area contributed by atoms with Gasteiger partial charge in [0.05, 0.1) is 0 Å². The summed E-state index contributed by atoms with van der Waals surface area (Å²) in [5.74, 6) is 0.0154. The first-order valence-electron chi connectivity index (χ1n) is 9.59. The molecule has 0 spiro atoms. The molecule has 3 aromatic rings. The molecular formula is C24H25NO3. The minimum atomic E-state index is -0.802. The van der Waals surface area contributed by atoms with Crippen LogP contribution in [0.1, 0.15) is 30.9 Å². The molecule has 28 heavy (non-hydrogen) atoms. The van der Waals surface area contributed by atoms with Gasteiger partial charge in [-0.1, -0.05) is 85.8 Å². The van der Waals surface area contributed by atoms with Crippen LogP contribution < -0.4 is 5.32 Å². The van der Waals surface area contributed by atoms with Crippen LogP contribution in [-0.4, -0.2) is 12.5 Å². The predicted octanol–water partition coefficient (Wildman–Crippen LogP) is 5.45. The molecule has 0 amide bonds. The fraction of sp³-hybridized carbons (Fsp3) is 0.250. The molecule has 1 saturated heterocycles. The van der Waals surface area contributed by atoms with E-state index in [2.05, 4.69) is 24.4 Å². The summed E-state index contributed by atoms with van der Waals surface area (Å²) in [5.41, 5.74) is 2.28. The molecule has 0 radical (unpaired) electrons. The molecule has 144 valence electrons. The predicted molar refractivity (Wildman–Crippen MR) is 110 cm³/mol. The molecule has 4 nitrogen and oxygen atoms in total. The van der Waals surface area contributed by atoms with Crippen molar-refractivity contribution >= 4 is 5.69 Å². The second-order valence-corrected chi connectivity index (χ2v) is 7.25. The summed E-state index contributed by atoms with van der Waals surface area (Å²) >= 11 is 0. The van der Waals surface area contributed by atoms with Crippen LogP contribution in [0.15, 0.2) is 91.0 Å². The molecule has 1 N–H and O–H groups in total. The van der Waals surface area contributed by atoms with Crippen molar-refractivity contribution < 1.29 is 14.5 Å². The zero-order chi connectivity index (χ0) is 19.4. The Morgan fingerprint density at radius 2 is 1.39 bits per heavy atom. The van der Waals surface area contributed by atoms with Gasteiger partial charge in [-0.2, -0.15) is 0 Å². The molecule has 4 rings (SSSR count). The number of para-hydroxylation sites is 1. The summed E-state index contributed by atoms with van der Waals surface area (Å²) < 4.78 is 6.42. The smallest absolute Gasteiger partial charge is 0.200 e. The van der Waals surface area contributed by atoms with Crippen molar-refractivity contribution in [2.45, 2.75) is 37.9 Å². The summed E-state index contributed by atoms with van der Waals surface area (Å²) in [6.45, 7) is 4.06. The van der Waals surface area contributed by atoms with Gasteiger partial charge in [0.2, 0.25) is 0 Å². The van der Waals surface area contributed by atoms with Crippen molar-refractivity contribution in [3.8, 4) is 0 Å². The van der Waals surface area contributed by atoms with Gasteiger partial charge in [-0.15, -0.1) is 0 Å². The van der Waals surface area contributed by atoms with Gasteiger partial charge >= 0.3 is 0 Å². The number of benzene rings is 3. The average molecular weight is 375 g/mol. The van der Waals surface area contributed by atoms with Crippen LogP contribution in [0.3, 0.4) is 0 Å². The Labute approximate surface area is 166 Å². The van der Waals surface area contributed by atoms with Gasteiger partial charge in [0, 0.05) is 11.6 Å². The van der Waals surface area contributed by atoms with E-state index in [9.17, 15) is 0 Å². The van der Waals surface area contributed by atoms with E-state index in [1.807, 2.05) is 85.8 Å². The first kappa shape index (κ1) is 18.7. The fourth-order valence-electron chi connectivity index (χ4n) is 3.42. The minimum absolute atomic E-state index is 0.0154. The monoisotopic (exact) mass is 375 g/mol. The van der Waals surface area contributed by atoms with E-state index < -0.39 is 18.1 Å². The van der Waals surface area contributed by atoms with E-state index in [4.69, 9.17) is 14.5 Å². The lowest BCUT2D eigenvalue weighted by Gasteiger charge is -2.44. The molecule has 0 aliphatic carbocycles. The number of ether oxygens (including phenoxy) is 1. The molecule has 3 aromatic carbocycles. The van der Waals surface area contributed by atoms with E-state index in [0.717, 1.165) is 16.8 Å². The van der Waals surface area contributed by atoms with E-state index in [-0.39, 0.29) is 5.92 Å². The van der Waals surface area contributed by atoms with Crippen molar-refractivity contribution in [2.75, 3.05) is 5.32 Å². The lowest BCUT2D eigenvalue weighted by molar-refractivity contribution is -0.490. The average Bonchev–Trinajstić information content (AvgIpc) is 2.77. The highest BCUT2D eigenvalue weighted by molar-refractivity contribution is 5.44. The van der Waals surface area contributed by atoms with Gasteiger partial charge in [0.25, 0.3) is 0 Å². The van der Waals surface area contributed by atoms with Crippen molar-refractivity contribution in [1.29, 1.82) is 0 Å². The molecule has 1 aliphatic rings. The summed E-state index contributed by atoms with van der Waals surface area (Å²) in [5, 5.41) is 3.48. The second kappa shape index (κ2) is 8.15. The fourth-order valence-corrected chi connectivity index (χ4v) is 3.42. The minimum Gasteiger partial charge on any atom is -0.357 e. The lowest BCUT2D eigenvalue weighted by atomic mass is 9.93.